The summed E-state index contributed by atoms with van der Waals surface area (Å²) < 4.78 is 0. The topological polar surface area (TPSA) is 66.4 Å². The molecule has 104 valence electrons. The molecule has 0 saturated heterocycles. The predicted molar refractivity (Wildman–Crippen MR) is 74.7 cm³/mol. The number of carbonyl (C=O) groups excluding carboxylic acids is 1. The second-order valence-corrected chi connectivity index (χ2v) is 6.34. The Kier molecular flexibility index (Phi) is 4.24. The zero-order valence-corrected chi connectivity index (χ0v) is 12.0. The van der Waals surface area contributed by atoms with E-state index in [1.54, 1.807) is 18.3 Å². The molecular formula is C14H19NO3S. The average Bonchev–Trinajstić information content (AvgIpc) is 2.70. The summed E-state index contributed by atoms with van der Waals surface area (Å²) in [6, 6.07) is -0.344. The number of thiophene rings is 1. The van der Waals surface area contributed by atoms with Crippen LogP contribution in [0.3, 0.4) is 0 Å². The van der Waals surface area contributed by atoms with Gasteiger partial charge in [-0.25, -0.2) is 0 Å². The van der Waals surface area contributed by atoms with Crippen LogP contribution in [0.2, 0.25) is 0 Å². The number of fused-ring (bicyclic) bond motifs is 1. The van der Waals surface area contributed by atoms with E-state index in [0.29, 0.717) is 5.92 Å². The standard InChI is InChI=1S/C14H19NO3S/c1-8-3-4-10-11(7-19-12(10)5-8)14(18)15-9(2)6-13(16)17/h7-9H,3-6H2,1-2H3,(H,15,18)(H,16,17). The quantitative estimate of drug-likeness (QED) is 0.891. The van der Waals surface area contributed by atoms with Crippen molar-refractivity contribution in [2.24, 2.45) is 5.92 Å². The minimum Gasteiger partial charge on any atom is -0.481 e. The maximum absolute atomic E-state index is 12.2. The molecule has 1 aliphatic carbocycles. The van der Waals surface area contributed by atoms with Crippen molar-refractivity contribution in [2.45, 2.75) is 45.6 Å². The number of amides is 1. The molecular weight excluding hydrogens is 262 g/mol. The fraction of sp³-hybridized carbons (Fsp3) is 0.571. The van der Waals surface area contributed by atoms with Crippen molar-refractivity contribution in [2.75, 3.05) is 0 Å². The summed E-state index contributed by atoms with van der Waals surface area (Å²) >= 11 is 1.65. The fourth-order valence-corrected chi connectivity index (χ4v) is 3.73. The third kappa shape index (κ3) is 3.35. The van der Waals surface area contributed by atoms with Crippen LogP contribution in [0.25, 0.3) is 0 Å². The Bertz CT molecular complexity index is 495. The number of carboxylic acid groups (broad SMARTS) is 1. The Hall–Kier alpha value is -1.36. The maximum atomic E-state index is 12.2. The van der Waals surface area contributed by atoms with Crippen molar-refractivity contribution < 1.29 is 14.7 Å². The number of carbonyl (C=O) groups is 2. The Morgan fingerprint density at radius 3 is 3.00 bits per heavy atom. The molecule has 0 radical (unpaired) electrons. The molecule has 2 rings (SSSR count). The highest BCUT2D eigenvalue weighted by molar-refractivity contribution is 7.10. The smallest absolute Gasteiger partial charge is 0.305 e. The predicted octanol–water partition coefficient (Wildman–Crippen LogP) is 2.47. The second-order valence-electron chi connectivity index (χ2n) is 5.37. The summed E-state index contributed by atoms with van der Waals surface area (Å²) in [6.45, 7) is 3.95. The van der Waals surface area contributed by atoms with Crippen molar-refractivity contribution >= 4 is 23.2 Å². The van der Waals surface area contributed by atoms with E-state index >= 15 is 0 Å². The highest BCUT2D eigenvalue weighted by atomic mass is 32.1. The largest absolute Gasteiger partial charge is 0.481 e. The van der Waals surface area contributed by atoms with E-state index in [0.717, 1.165) is 24.8 Å². The number of nitrogens with one attached hydrogen (secondary N) is 1. The summed E-state index contributed by atoms with van der Waals surface area (Å²) in [5.74, 6) is -0.345. The molecule has 1 aliphatic rings. The van der Waals surface area contributed by atoms with Crippen molar-refractivity contribution in [1.29, 1.82) is 0 Å². The zero-order valence-electron chi connectivity index (χ0n) is 11.2. The number of carboxylic acids is 1. The normalized spacial score (nSPS) is 19.6. The molecule has 1 amide bonds. The molecule has 0 aliphatic heterocycles. The van der Waals surface area contributed by atoms with Crippen LogP contribution < -0.4 is 5.32 Å². The molecule has 0 aromatic carbocycles. The molecule has 0 spiro atoms. The van der Waals surface area contributed by atoms with E-state index in [2.05, 4.69) is 12.2 Å². The Labute approximate surface area is 116 Å². The van der Waals surface area contributed by atoms with E-state index in [-0.39, 0.29) is 18.4 Å². The van der Waals surface area contributed by atoms with Gasteiger partial charge in [-0.3, -0.25) is 9.59 Å². The van der Waals surface area contributed by atoms with Gasteiger partial charge < -0.3 is 10.4 Å². The first-order valence-corrected chi connectivity index (χ1v) is 7.47. The highest BCUT2D eigenvalue weighted by Gasteiger charge is 2.24. The van der Waals surface area contributed by atoms with E-state index in [1.165, 1.54) is 10.4 Å². The molecule has 0 fully saturated rings. The van der Waals surface area contributed by atoms with Gasteiger partial charge in [-0.05, 0) is 37.7 Å². The third-order valence-electron chi connectivity index (χ3n) is 3.50. The molecule has 0 saturated carbocycles. The van der Waals surface area contributed by atoms with Crippen molar-refractivity contribution in [3.05, 3.63) is 21.4 Å². The summed E-state index contributed by atoms with van der Waals surface area (Å²) in [4.78, 5) is 24.1. The molecule has 2 atom stereocenters. The first kappa shape index (κ1) is 14.1. The van der Waals surface area contributed by atoms with Gasteiger partial charge in [0, 0.05) is 16.3 Å². The SMILES string of the molecule is CC1CCc2c(C(=O)NC(C)CC(=O)O)csc2C1. The van der Waals surface area contributed by atoms with Crippen molar-refractivity contribution in [3.8, 4) is 0 Å². The minimum atomic E-state index is -0.894. The fourth-order valence-electron chi connectivity index (χ4n) is 2.48. The third-order valence-corrected chi connectivity index (χ3v) is 4.56. The summed E-state index contributed by atoms with van der Waals surface area (Å²) in [5.41, 5.74) is 1.91. The molecule has 19 heavy (non-hydrogen) atoms. The lowest BCUT2D eigenvalue weighted by molar-refractivity contribution is -0.137. The molecule has 2 unspecified atom stereocenters. The molecule has 5 heteroatoms. The van der Waals surface area contributed by atoms with Gasteiger partial charge in [0.25, 0.3) is 5.91 Å². The summed E-state index contributed by atoms with van der Waals surface area (Å²) in [5, 5.41) is 13.4. The van der Waals surface area contributed by atoms with Gasteiger partial charge >= 0.3 is 5.97 Å². The van der Waals surface area contributed by atoms with Gasteiger partial charge in [0.05, 0.1) is 12.0 Å². The van der Waals surface area contributed by atoms with E-state index in [9.17, 15) is 9.59 Å². The molecule has 2 N–H and O–H groups in total. The van der Waals surface area contributed by atoms with Gasteiger partial charge in [0.2, 0.25) is 0 Å². The zero-order chi connectivity index (χ0) is 14.0. The molecule has 1 aromatic heterocycles. The lowest BCUT2D eigenvalue weighted by Gasteiger charge is -2.19. The van der Waals surface area contributed by atoms with Gasteiger partial charge in [0.1, 0.15) is 0 Å². The monoisotopic (exact) mass is 281 g/mol. The molecule has 1 heterocycles. The summed E-state index contributed by atoms with van der Waals surface area (Å²) in [6.07, 6.45) is 3.08. The first-order chi connectivity index (χ1) is 8.97. The first-order valence-electron chi connectivity index (χ1n) is 6.59. The number of hydrogen-bond donors (Lipinski definition) is 2. The van der Waals surface area contributed by atoms with Crippen LogP contribution in [0.15, 0.2) is 5.38 Å². The highest BCUT2D eigenvalue weighted by Crippen LogP contribution is 2.32. The van der Waals surface area contributed by atoms with Gasteiger partial charge in [-0.1, -0.05) is 6.92 Å². The molecule has 1 aromatic rings. The Morgan fingerprint density at radius 1 is 1.58 bits per heavy atom. The van der Waals surface area contributed by atoms with Crippen LogP contribution in [0.1, 0.15) is 47.5 Å². The van der Waals surface area contributed by atoms with Gasteiger partial charge in [-0.15, -0.1) is 11.3 Å². The number of aliphatic carboxylic acids is 1. The maximum Gasteiger partial charge on any atom is 0.305 e. The van der Waals surface area contributed by atoms with Crippen LogP contribution in [0, 0.1) is 5.92 Å². The Balaban J connectivity index is 2.06. The van der Waals surface area contributed by atoms with Crippen LogP contribution in [-0.2, 0) is 17.6 Å². The average molecular weight is 281 g/mol. The number of hydrogen-bond acceptors (Lipinski definition) is 3. The van der Waals surface area contributed by atoms with Crippen LogP contribution in [0.5, 0.6) is 0 Å². The van der Waals surface area contributed by atoms with Gasteiger partial charge in [0.15, 0.2) is 0 Å². The molecule has 4 nitrogen and oxygen atoms in total. The number of rotatable bonds is 4. The Morgan fingerprint density at radius 2 is 2.32 bits per heavy atom. The van der Waals surface area contributed by atoms with E-state index in [4.69, 9.17) is 5.11 Å². The summed E-state index contributed by atoms with van der Waals surface area (Å²) in [7, 11) is 0. The lowest BCUT2D eigenvalue weighted by atomic mass is 9.88. The van der Waals surface area contributed by atoms with E-state index < -0.39 is 5.97 Å². The van der Waals surface area contributed by atoms with Crippen molar-refractivity contribution in [1.82, 2.24) is 5.32 Å². The lowest BCUT2D eigenvalue weighted by Crippen LogP contribution is -2.34. The molecule has 0 bridgehead atoms. The van der Waals surface area contributed by atoms with Crippen LogP contribution in [0.4, 0.5) is 0 Å². The van der Waals surface area contributed by atoms with Crippen molar-refractivity contribution in [3.63, 3.8) is 0 Å². The van der Waals surface area contributed by atoms with E-state index in [1.807, 2.05) is 5.38 Å². The van der Waals surface area contributed by atoms with Crippen LogP contribution in [-0.4, -0.2) is 23.0 Å². The second kappa shape index (κ2) is 5.74. The minimum absolute atomic E-state index is 0.0465. The van der Waals surface area contributed by atoms with Crippen LogP contribution >= 0.6 is 11.3 Å². The van der Waals surface area contributed by atoms with Gasteiger partial charge in [-0.2, -0.15) is 0 Å².